The normalized spacial score (nSPS) is 11.0. The number of nitrogens with zero attached hydrogens (tertiary/aromatic N) is 3. The molecule has 0 spiro atoms. The van der Waals surface area contributed by atoms with Gasteiger partial charge in [0.15, 0.2) is 28.7 Å². The Labute approximate surface area is 191 Å². The van der Waals surface area contributed by atoms with E-state index in [-0.39, 0.29) is 27.7 Å². The summed E-state index contributed by atoms with van der Waals surface area (Å²) < 4.78 is 12.2. The lowest BCUT2D eigenvalue weighted by molar-refractivity contribution is 0.0997. The zero-order valence-electron chi connectivity index (χ0n) is 17.0. The first-order valence-corrected chi connectivity index (χ1v) is 10.2. The molecule has 0 saturated heterocycles. The van der Waals surface area contributed by atoms with Gasteiger partial charge in [-0.1, -0.05) is 23.2 Å². The van der Waals surface area contributed by atoms with E-state index in [9.17, 15) is 9.59 Å². The van der Waals surface area contributed by atoms with Crippen molar-refractivity contribution in [2.75, 3.05) is 13.7 Å². The van der Waals surface area contributed by atoms with Crippen molar-refractivity contribution < 1.29 is 14.3 Å². The average molecular weight is 474 g/mol. The zero-order valence-corrected chi connectivity index (χ0v) is 18.5. The number of amides is 1. The highest BCUT2D eigenvalue weighted by Crippen LogP contribution is 2.32. The topological polar surface area (TPSA) is 125 Å². The van der Waals surface area contributed by atoms with Crippen molar-refractivity contribution in [3.05, 3.63) is 62.6 Å². The van der Waals surface area contributed by atoms with Gasteiger partial charge in [0.25, 0.3) is 5.91 Å². The standard InChI is InChI=1S/C21H17Cl2N5O4/c1-3-32-15-8-10(4-7-14(15)31-2)19-25-16(18(24)29)17-20(27-19)28(21(30)26-17)11-5-6-12(22)13(23)9-11/h4-9H,3H2,1-2H3,(H2,24,29)(H,26,30). The summed E-state index contributed by atoms with van der Waals surface area (Å²) in [6.45, 7) is 2.26. The quantitative estimate of drug-likeness (QED) is 0.440. The molecule has 4 rings (SSSR count). The maximum atomic E-state index is 12.8. The number of aromatic amines is 1. The molecule has 3 N–H and O–H groups in total. The van der Waals surface area contributed by atoms with Gasteiger partial charge in [0.1, 0.15) is 5.52 Å². The molecular weight excluding hydrogens is 457 g/mol. The van der Waals surface area contributed by atoms with Crippen LogP contribution in [0.5, 0.6) is 11.5 Å². The fraction of sp³-hybridized carbons (Fsp3) is 0.143. The molecule has 4 aromatic rings. The Morgan fingerprint density at radius 1 is 1.12 bits per heavy atom. The van der Waals surface area contributed by atoms with Crippen molar-refractivity contribution in [3.63, 3.8) is 0 Å². The molecule has 0 aliphatic carbocycles. The highest BCUT2D eigenvalue weighted by atomic mass is 35.5. The molecule has 0 atom stereocenters. The fourth-order valence-corrected chi connectivity index (χ4v) is 3.53. The van der Waals surface area contributed by atoms with Crippen LogP contribution in [0.25, 0.3) is 28.2 Å². The van der Waals surface area contributed by atoms with Crippen molar-refractivity contribution in [1.29, 1.82) is 0 Å². The molecule has 32 heavy (non-hydrogen) atoms. The lowest BCUT2D eigenvalue weighted by Gasteiger charge is -2.11. The third-order valence-corrected chi connectivity index (χ3v) is 5.39. The van der Waals surface area contributed by atoms with Crippen molar-refractivity contribution in [1.82, 2.24) is 19.5 Å². The number of nitrogens with two attached hydrogens (primary N) is 1. The molecule has 9 nitrogen and oxygen atoms in total. The number of rotatable bonds is 6. The number of methoxy groups -OCH3 is 1. The Balaban J connectivity index is 2.00. The molecule has 2 heterocycles. The molecule has 0 radical (unpaired) electrons. The molecule has 0 aliphatic rings. The van der Waals surface area contributed by atoms with Crippen LogP contribution in [-0.4, -0.2) is 39.1 Å². The molecule has 0 unspecified atom stereocenters. The number of hydrogen-bond donors (Lipinski definition) is 2. The Morgan fingerprint density at radius 2 is 1.91 bits per heavy atom. The summed E-state index contributed by atoms with van der Waals surface area (Å²) in [5.41, 5.74) is 6.07. The van der Waals surface area contributed by atoms with E-state index in [4.69, 9.17) is 38.4 Å². The number of aromatic nitrogens is 4. The molecule has 2 aromatic carbocycles. The van der Waals surface area contributed by atoms with Crippen molar-refractivity contribution in [3.8, 4) is 28.6 Å². The summed E-state index contributed by atoms with van der Waals surface area (Å²) in [5.74, 6) is 0.358. The van der Waals surface area contributed by atoms with Gasteiger partial charge >= 0.3 is 5.69 Å². The van der Waals surface area contributed by atoms with Crippen LogP contribution in [0.15, 0.2) is 41.2 Å². The molecule has 0 saturated carbocycles. The van der Waals surface area contributed by atoms with E-state index >= 15 is 0 Å². The van der Waals surface area contributed by atoms with E-state index in [1.54, 1.807) is 30.3 Å². The van der Waals surface area contributed by atoms with Gasteiger partial charge in [-0.3, -0.25) is 4.79 Å². The van der Waals surface area contributed by atoms with Gasteiger partial charge in [0.05, 0.1) is 29.4 Å². The van der Waals surface area contributed by atoms with Gasteiger partial charge in [0, 0.05) is 5.56 Å². The second-order valence-corrected chi connectivity index (χ2v) is 7.44. The Morgan fingerprint density at radius 3 is 2.56 bits per heavy atom. The minimum absolute atomic E-state index is 0.107. The number of fused-ring (bicyclic) bond motifs is 1. The number of imidazole rings is 1. The smallest absolute Gasteiger partial charge is 0.332 e. The highest BCUT2D eigenvalue weighted by Gasteiger charge is 2.21. The lowest BCUT2D eigenvalue weighted by Crippen LogP contribution is -2.15. The summed E-state index contributed by atoms with van der Waals surface area (Å²) in [6.07, 6.45) is 0. The number of primary amides is 1. The molecule has 11 heteroatoms. The number of nitrogens with one attached hydrogen (secondary N) is 1. The number of halogens is 2. The highest BCUT2D eigenvalue weighted by molar-refractivity contribution is 6.42. The molecule has 0 aliphatic heterocycles. The third kappa shape index (κ3) is 3.76. The van der Waals surface area contributed by atoms with Crippen LogP contribution in [0.3, 0.4) is 0 Å². The molecule has 0 bridgehead atoms. The van der Waals surface area contributed by atoms with Crippen LogP contribution in [0, 0.1) is 0 Å². The van der Waals surface area contributed by atoms with Crippen molar-refractivity contribution in [2.45, 2.75) is 6.92 Å². The Kier molecular flexibility index (Phi) is 5.77. The second-order valence-electron chi connectivity index (χ2n) is 6.62. The minimum Gasteiger partial charge on any atom is -0.493 e. The van der Waals surface area contributed by atoms with Crippen LogP contribution in [0.2, 0.25) is 10.0 Å². The molecule has 0 fully saturated rings. The predicted molar refractivity (Wildman–Crippen MR) is 121 cm³/mol. The number of H-pyrrole nitrogens is 1. The van der Waals surface area contributed by atoms with E-state index in [0.717, 1.165) is 0 Å². The lowest BCUT2D eigenvalue weighted by atomic mass is 10.1. The fourth-order valence-electron chi connectivity index (χ4n) is 3.24. The SMILES string of the molecule is CCOc1cc(-c2nc(C(N)=O)c3[nH]c(=O)n(-c4ccc(Cl)c(Cl)c4)c3n2)ccc1OC. The van der Waals surface area contributed by atoms with Gasteiger partial charge in [-0.25, -0.2) is 19.3 Å². The van der Waals surface area contributed by atoms with Crippen molar-refractivity contribution >= 4 is 40.3 Å². The first kappa shape index (κ1) is 21.7. The molecule has 2 aromatic heterocycles. The Hall–Kier alpha value is -3.56. The zero-order chi connectivity index (χ0) is 23.0. The number of hydrogen-bond acceptors (Lipinski definition) is 6. The summed E-state index contributed by atoms with van der Waals surface area (Å²) in [5, 5.41) is 0.587. The molecule has 164 valence electrons. The van der Waals surface area contributed by atoms with Crippen LogP contribution in [0.1, 0.15) is 17.4 Å². The van der Waals surface area contributed by atoms with E-state index in [1.165, 1.54) is 17.7 Å². The summed E-state index contributed by atoms with van der Waals surface area (Å²) >= 11 is 12.1. The molecular formula is C21H17Cl2N5O4. The maximum Gasteiger partial charge on any atom is 0.332 e. The van der Waals surface area contributed by atoms with Crippen LogP contribution >= 0.6 is 23.2 Å². The van der Waals surface area contributed by atoms with Crippen LogP contribution in [0.4, 0.5) is 0 Å². The monoisotopic (exact) mass is 473 g/mol. The maximum absolute atomic E-state index is 12.8. The predicted octanol–water partition coefficient (Wildman–Crippen LogP) is 3.59. The van der Waals surface area contributed by atoms with Crippen LogP contribution in [-0.2, 0) is 0 Å². The molecule has 1 amide bonds. The van der Waals surface area contributed by atoms with Crippen molar-refractivity contribution in [2.24, 2.45) is 5.73 Å². The number of carbonyl (C=O) groups is 1. The summed E-state index contributed by atoms with van der Waals surface area (Å²) in [6, 6.07) is 9.77. The van der Waals surface area contributed by atoms with E-state index in [0.29, 0.717) is 34.4 Å². The third-order valence-electron chi connectivity index (χ3n) is 4.65. The van der Waals surface area contributed by atoms with E-state index < -0.39 is 11.6 Å². The number of carbonyl (C=O) groups excluding carboxylic acids is 1. The number of benzene rings is 2. The van der Waals surface area contributed by atoms with Gasteiger partial charge in [-0.2, -0.15) is 0 Å². The van der Waals surface area contributed by atoms with E-state index in [1.807, 2.05) is 6.92 Å². The summed E-state index contributed by atoms with van der Waals surface area (Å²) in [7, 11) is 1.53. The number of ether oxygens (including phenoxy) is 2. The van der Waals surface area contributed by atoms with Crippen LogP contribution < -0.4 is 20.9 Å². The largest absolute Gasteiger partial charge is 0.493 e. The van der Waals surface area contributed by atoms with E-state index in [2.05, 4.69) is 15.0 Å². The van der Waals surface area contributed by atoms with Gasteiger partial charge in [-0.15, -0.1) is 0 Å². The minimum atomic E-state index is -0.820. The first-order chi connectivity index (χ1) is 15.3. The Bertz CT molecular complexity index is 1410. The first-order valence-electron chi connectivity index (χ1n) is 9.43. The van der Waals surface area contributed by atoms with Gasteiger partial charge in [-0.05, 0) is 43.3 Å². The van der Waals surface area contributed by atoms with Gasteiger partial charge in [0.2, 0.25) is 0 Å². The summed E-state index contributed by atoms with van der Waals surface area (Å²) in [4.78, 5) is 36.3. The second kappa shape index (κ2) is 8.52. The van der Waals surface area contributed by atoms with Gasteiger partial charge < -0.3 is 20.2 Å². The average Bonchev–Trinajstić information content (AvgIpc) is 3.10.